The highest BCUT2D eigenvalue weighted by Gasteiger charge is 2.42. The van der Waals surface area contributed by atoms with E-state index in [9.17, 15) is 4.79 Å². The van der Waals surface area contributed by atoms with Gasteiger partial charge >= 0.3 is 0 Å². The van der Waals surface area contributed by atoms with E-state index in [1.807, 2.05) is 18.8 Å². The van der Waals surface area contributed by atoms with Crippen molar-refractivity contribution in [1.29, 1.82) is 0 Å². The molecule has 0 aliphatic heterocycles. The monoisotopic (exact) mass is 239 g/mol. The summed E-state index contributed by atoms with van der Waals surface area (Å²) in [5, 5.41) is 2.97. The normalized spacial score (nSPS) is 17.1. The van der Waals surface area contributed by atoms with Crippen LogP contribution in [0.4, 0.5) is 5.69 Å². The van der Waals surface area contributed by atoms with Gasteiger partial charge in [-0.25, -0.2) is 0 Å². The number of thioether (sulfide) groups is 1. The van der Waals surface area contributed by atoms with Crippen molar-refractivity contribution in [2.75, 3.05) is 18.5 Å². The van der Waals surface area contributed by atoms with E-state index in [2.05, 4.69) is 11.6 Å². The lowest BCUT2D eigenvalue weighted by molar-refractivity contribution is 0.0945. The molecule has 1 amide bonds. The number of anilines is 1. The van der Waals surface area contributed by atoms with Crippen molar-refractivity contribution in [3.8, 4) is 0 Å². The number of aromatic nitrogens is 1. The lowest BCUT2D eigenvalue weighted by atomic mass is 10.3. The van der Waals surface area contributed by atoms with Gasteiger partial charge in [-0.15, -0.1) is 0 Å². The summed E-state index contributed by atoms with van der Waals surface area (Å²) in [7, 11) is 1.83. The molecular formula is C11H17N3OS. The van der Waals surface area contributed by atoms with E-state index in [0.29, 0.717) is 16.1 Å². The minimum atomic E-state index is -0.0421. The maximum Gasteiger partial charge on any atom is 0.268 e. The second-order valence-electron chi connectivity index (χ2n) is 4.34. The summed E-state index contributed by atoms with van der Waals surface area (Å²) in [5.74, 6) is -0.0421. The minimum absolute atomic E-state index is 0.0421. The van der Waals surface area contributed by atoms with Crippen molar-refractivity contribution in [2.45, 2.75) is 17.6 Å². The van der Waals surface area contributed by atoms with E-state index in [4.69, 9.17) is 5.73 Å². The Bertz CT molecular complexity index is 409. The Labute approximate surface area is 99.6 Å². The Morgan fingerprint density at radius 1 is 1.69 bits per heavy atom. The van der Waals surface area contributed by atoms with E-state index >= 15 is 0 Å². The molecule has 0 radical (unpaired) electrons. The second-order valence-corrected chi connectivity index (χ2v) is 5.61. The van der Waals surface area contributed by atoms with Crippen LogP contribution in [-0.4, -0.2) is 28.0 Å². The molecule has 1 fully saturated rings. The first-order valence-electron chi connectivity index (χ1n) is 5.31. The topological polar surface area (TPSA) is 60.1 Å². The van der Waals surface area contributed by atoms with Crippen molar-refractivity contribution < 1.29 is 4.79 Å². The van der Waals surface area contributed by atoms with Crippen molar-refractivity contribution in [3.05, 3.63) is 18.0 Å². The second kappa shape index (κ2) is 4.05. The van der Waals surface area contributed by atoms with Crippen LogP contribution in [0.3, 0.4) is 0 Å². The van der Waals surface area contributed by atoms with Crippen LogP contribution < -0.4 is 11.1 Å². The zero-order valence-corrected chi connectivity index (χ0v) is 10.4. The third-order valence-electron chi connectivity index (χ3n) is 3.07. The van der Waals surface area contributed by atoms with Gasteiger partial charge in [0.1, 0.15) is 5.69 Å². The number of nitrogens with one attached hydrogen (secondary N) is 1. The summed E-state index contributed by atoms with van der Waals surface area (Å²) in [6, 6.07) is 1.70. The van der Waals surface area contributed by atoms with Gasteiger partial charge in [-0.2, -0.15) is 11.8 Å². The SMILES string of the molecule is CSC1(CNC(=O)c2cc(N)cn2C)CC1. The van der Waals surface area contributed by atoms with Crippen LogP contribution in [0.15, 0.2) is 12.3 Å². The number of nitrogens with two attached hydrogens (primary N) is 1. The lowest BCUT2D eigenvalue weighted by Crippen LogP contribution is -2.32. The summed E-state index contributed by atoms with van der Waals surface area (Å²) in [4.78, 5) is 11.9. The summed E-state index contributed by atoms with van der Waals surface area (Å²) < 4.78 is 2.05. The molecule has 0 atom stereocenters. The third kappa shape index (κ3) is 2.19. The molecule has 88 valence electrons. The predicted molar refractivity (Wildman–Crippen MR) is 67.6 cm³/mol. The highest BCUT2D eigenvalue weighted by atomic mass is 32.2. The van der Waals surface area contributed by atoms with E-state index in [1.54, 1.807) is 16.8 Å². The number of aryl methyl sites for hydroxylation is 1. The molecule has 1 heterocycles. The molecule has 0 aromatic carbocycles. The van der Waals surface area contributed by atoms with Gasteiger partial charge in [0.05, 0.1) is 5.69 Å². The van der Waals surface area contributed by atoms with Crippen LogP contribution in [0.25, 0.3) is 0 Å². The van der Waals surface area contributed by atoms with E-state index in [-0.39, 0.29) is 5.91 Å². The molecule has 4 nitrogen and oxygen atoms in total. The third-order valence-corrected chi connectivity index (χ3v) is 4.49. The first kappa shape index (κ1) is 11.4. The largest absolute Gasteiger partial charge is 0.397 e. The molecule has 0 unspecified atom stereocenters. The number of nitrogen functional groups attached to an aromatic ring is 1. The zero-order valence-electron chi connectivity index (χ0n) is 9.62. The number of amides is 1. The Morgan fingerprint density at radius 2 is 2.38 bits per heavy atom. The summed E-state index contributed by atoms with van der Waals surface area (Å²) >= 11 is 1.84. The fraction of sp³-hybridized carbons (Fsp3) is 0.545. The molecule has 1 aromatic heterocycles. The Balaban J connectivity index is 1.96. The number of rotatable bonds is 4. The minimum Gasteiger partial charge on any atom is -0.397 e. The standard InChI is InChI=1S/C11H17N3OS/c1-14-6-8(12)5-9(14)10(15)13-7-11(16-2)3-4-11/h5-6H,3-4,7,12H2,1-2H3,(H,13,15). The molecule has 1 saturated carbocycles. The number of hydrogen-bond acceptors (Lipinski definition) is 3. The van der Waals surface area contributed by atoms with E-state index in [1.165, 1.54) is 12.8 Å². The van der Waals surface area contributed by atoms with Gasteiger partial charge in [-0.1, -0.05) is 0 Å². The molecule has 1 aromatic rings. The smallest absolute Gasteiger partial charge is 0.268 e. The quantitative estimate of drug-likeness (QED) is 0.831. The average molecular weight is 239 g/mol. The Hall–Kier alpha value is -1.10. The van der Waals surface area contributed by atoms with E-state index < -0.39 is 0 Å². The summed E-state index contributed by atoms with van der Waals surface area (Å²) in [6.07, 6.45) is 6.24. The van der Waals surface area contributed by atoms with Crippen molar-refractivity contribution in [1.82, 2.24) is 9.88 Å². The zero-order chi connectivity index (χ0) is 11.8. The fourth-order valence-electron chi connectivity index (χ4n) is 1.74. The van der Waals surface area contributed by atoms with Gasteiger partial charge in [0.25, 0.3) is 5.91 Å². The molecule has 0 bridgehead atoms. The molecular weight excluding hydrogens is 222 g/mol. The summed E-state index contributed by atoms with van der Waals surface area (Å²) in [6.45, 7) is 0.748. The number of nitrogens with zero attached hydrogens (tertiary/aromatic N) is 1. The first-order valence-corrected chi connectivity index (χ1v) is 6.54. The van der Waals surface area contributed by atoms with Crippen molar-refractivity contribution in [3.63, 3.8) is 0 Å². The van der Waals surface area contributed by atoms with Crippen LogP contribution >= 0.6 is 11.8 Å². The summed E-state index contributed by atoms with van der Waals surface area (Å²) in [5.41, 5.74) is 6.88. The maximum absolute atomic E-state index is 11.9. The van der Waals surface area contributed by atoms with Crippen LogP contribution in [0, 0.1) is 0 Å². The highest BCUT2D eigenvalue weighted by Crippen LogP contribution is 2.46. The molecule has 1 aliphatic carbocycles. The van der Waals surface area contributed by atoms with Gasteiger partial charge in [0, 0.05) is 24.5 Å². The first-order chi connectivity index (χ1) is 7.56. The van der Waals surface area contributed by atoms with Gasteiger partial charge in [-0.05, 0) is 25.2 Å². The predicted octanol–water partition coefficient (Wildman–Crippen LogP) is 1.23. The molecule has 5 heteroatoms. The lowest BCUT2D eigenvalue weighted by Gasteiger charge is -2.13. The van der Waals surface area contributed by atoms with Crippen LogP contribution in [0.2, 0.25) is 0 Å². The van der Waals surface area contributed by atoms with Gasteiger partial charge in [0.2, 0.25) is 0 Å². The molecule has 0 saturated heterocycles. The fourth-order valence-corrected chi connectivity index (χ4v) is 2.47. The highest BCUT2D eigenvalue weighted by molar-refractivity contribution is 8.00. The maximum atomic E-state index is 11.9. The average Bonchev–Trinajstić information content (AvgIpc) is 2.96. The Morgan fingerprint density at radius 3 is 2.81 bits per heavy atom. The number of carbonyl (C=O) groups excluding carboxylic acids is 1. The molecule has 3 N–H and O–H groups in total. The molecule has 1 aliphatic rings. The molecule has 2 rings (SSSR count). The molecule has 0 spiro atoms. The van der Waals surface area contributed by atoms with Gasteiger partial charge in [-0.3, -0.25) is 4.79 Å². The van der Waals surface area contributed by atoms with Crippen LogP contribution in [0.5, 0.6) is 0 Å². The van der Waals surface area contributed by atoms with Gasteiger partial charge < -0.3 is 15.6 Å². The van der Waals surface area contributed by atoms with Crippen LogP contribution in [0.1, 0.15) is 23.3 Å². The number of hydrogen-bond donors (Lipinski definition) is 2. The van der Waals surface area contributed by atoms with Crippen molar-refractivity contribution >= 4 is 23.4 Å². The van der Waals surface area contributed by atoms with Gasteiger partial charge in [0.15, 0.2) is 0 Å². The number of carbonyl (C=O) groups is 1. The van der Waals surface area contributed by atoms with E-state index in [0.717, 1.165) is 6.54 Å². The molecule has 16 heavy (non-hydrogen) atoms. The van der Waals surface area contributed by atoms with Crippen molar-refractivity contribution in [2.24, 2.45) is 7.05 Å². The van der Waals surface area contributed by atoms with Crippen LogP contribution in [-0.2, 0) is 7.05 Å². The Kier molecular flexibility index (Phi) is 2.88.